The number of aromatic nitrogens is 3. The molecule has 21 heavy (non-hydrogen) atoms. The topological polar surface area (TPSA) is 42.7 Å². The molecule has 0 unspecified atom stereocenters. The fourth-order valence-electron chi connectivity index (χ4n) is 1.96. The van der Waals surface area contributed by atoms with Gasteiger partial charge < -0.3 is 5.32 Å². The molecule has 0 amide bonds. The van der Waals surface area contributed by atoms with Crippen LogP contribution in [0, 0.1) is 12.7 Å². The summed E-state index contributed by atoms with van der Waals surface area (Å²) in [4.78, 5) is 4.15. The van der Waals surface area contributed by atoms with Crippen LogP contribution in [0.3, 0.4) is 0 Å². The minimum Gasteiger partial charge on any atom is -0.320 e. The normalized spacial score (nSPS) is 10.6. The van der Waals surface area contributed by atoms with Gasteiger partial charge >= 0.3 is 0 Å². The van der Waals surface area contributed by atoms with E-state index in [-0.39, 0.29) is 5.82 Å². The van der Waals surface area contributed by atoms with Gasteiger partial charge in [0.25, 0.3) is 0 Å². The van der Waals surface area contributed by atoms with E-state index in [1.165, 1.54) is 0 Å². The molecular formula is C15H12BrFN4. The fraction of sp³-hybridized carbons (Fsp3) is 0.0667. The van der Waals surface area contributed by atoms with Gasteiger partial charge in [-0.05, 0) is 52.7 Å². The molecule has 1 heterocycles. The first-order chi connectivity index (χ1) is 10.1. The Hall–Kier alpha value is -2.21. The van der Waals surface area contributed by atoms with Crippen LogP contribution in [-0.4, -0.2) is 14.8 Å². The third-order valence-electron chi connectivity index (χ3n) is 2.93. The van der Waals surface area contributed by atoms with E-state index in [0.717, 1.165) is 11.3 Å². The number of para-hydroxylation sites is 1. The molecule has 1 N–H and O–H groups in total. The van der Waals surface area contributed by atoms with Crippen molar-refractivity contribution in [1.29, 1.82) is 0 Å². The lowest BCUT2D eigenvalue weighted by atomic mass is 10.2. The van der Waals surface area contributed by atoms with Crippen LogP contribution in [-0.2, 0) is 0 Å². The zero-order valence-electron chi connectivity index (χ0n) is 11.2. The zero-order valence-corrected chi connectivity index (χ0v) is 12.8. The number of aryl methyl sites for hydroxylation is 1. The summed E-state index contributed by atoms with van der Waals surface area (Å²) in [6.45, 7) is 1.89. The molecule has 4 nitrogen and oxygen atoms in total. The Kier molecular flexibility index (Phi) is 3.70. The smallest absolute Gasteiger partial charge is 0.247 e. The number of hydrogen-bond donors (Lipinski definition) is 1. The summed E-state index contributed by atoms with van der Waals surface area (Å²) in [6.07, 6.45) is 1.58. The maximum absolute atomic E-state index is 14.0. The second-order valence-corrected chi connectivity index (χ2v) is 5.44. The predicted octanol–water partition coefficient (Wildman–Crippen LogP) is 4.22. The van der Waals surface area contributed by atoms with Crippen molar-refractivity contribution in [3.63, 3.8) is 0 Å². The van der Waals surface area contributed by atoms with Crippen molar-refractivity contribution in [2.24, 2.45) is 0 Å². The summed E-state index contributed by atoms with van der Waals surface area (Å²) in [5.74, 6) is -0.0214. The summed E-state index contributed by atoms with van der Waals surface area (Å²) < 4.78 is 16.1. The molecule has 1 aromatic heterocycles. The van der Waals surface area contributed by atoms with Crippen molar-refractivity contribution in [1.82, 2.24) is 14.8 Å². The maximum Gasteiger partial charge on any atom is 0.247 e. The Labute approximate surface area is 129 Å². The van der Waals surface area contributed by atoms with Gasteiger partial charge in [0.2, 0.25) is 5.95 Å². The zero-order chi connectivity index (χ0) is 14.8. The summed E-state index contributed by atoms with van der Waals surface area (Å²) in [5, 5.41) is 7.18. The van der Waals surface area contributed by atoms with Crippen molar-refractivity contribution in [3.05, 3.63) is 64.6 Å². The predicted molar refractivity (Wildman–Crippen MR) is 83.5 cm³/mol. The first-order valence-corrected chi connectivity index (χ1v) is 7.12. The molecule has 3 aromatic rings. The van der Waals surface area contributed by atoms with Crippen LogP contribution in [0.1, 0.15) is 5.56 Å². The molecule has 0 saturated carbocycles. The number of nitrogens with zero attached hydrogens (tertiary/aromatic N) is 3. The molecule has 0 radical (unpaired) electrons. The fourth-order valence-corrected chi connectivity index (χ4v) is 2.54. The Morgan fingerprint density at radius 2 is 1.95 bits per heavy atom. The number of hydrogen-bond acceptors (Lipinski definition) is 3. The second kappa shape index (κ2) is 5.65. The highest BCUT2D eigenvalue weighted by Gasteiger charge is 2.10. The van der Waals surface area contributed by atoms with Crippen molar-refractivity contribution in [2.45, 2.75) is 6.92 Å². The van der Waals surface area contributed by atoms with Gasteiger partial charge in [-0.25, -0.2) is 9.07 Å². The van der Waals surface area contributed by atoms with E-state index in [0.29, 0.717) is 16.1 Å². The van der Waals surface area contributed by atoms with Crippen molar-refractivity contribution < 1.29 is 4.39 Å². The molecule has 0 atom stereocenters. The van der Waals surface area contributed by atoms with Crippen molar-refractivity contribution >= 4 is 27.6 Å². The van der Waals surface area contributed by atoms with E-state index in [9.17, 15) is 4.39 Å². The van der Waals surface area contributed by atoms with Crippen molar-refractivity contribution in [3.8, 4) is 5.69 Å². The van der Waals surface area contributed by atoms with E-state index in [1.807, 2.05) is 37.3 Å². The monoisotopic (exact) mass is 346 g/mol. The Bertz CT molecular complexity index is 771. The number of halogens is 2. The number of benzene rings is 2. The molecule has 106 valence electrons. The van der Waals surface area contributed by atoms with Gasteiger partial charge in [0.1, 0.15) is 6.33 Å². The molecule has 2 aromatic carbocycles. The number of anilines is 2. The summed E-state index contributed by atoms with van der Waals surface area (Å²) in [6, 6.07) is 13.0. The Morgan fingerprint density at radius 3 is 2.71 bits per heavy atom. The average molecular weight is 347 g/mol. The van der Waals surface area contributed by atoms with Crippen LogP contribution in [0.2, 0.25) is 0 Å². The molecule has 6 heteroatoms. The lowest BCUT2D eigenvalue weighted by Crippen LogP contribution is -1.99. The molecule has 0 spiro atoms. The molecule has 0 bridgehead atoms. The van der Waals surface area contributed by atoms with Gasteiger partial charge in [0.15, 0.2) is 5.82 Å². The Morgan fingerprint density at radius 1 is 1.19 bits per heavy atom. The molecule has 0 aliphatic rings. The highest BCUT2D eigenvalue weighted by atomic mass is 79.9. The van der Waals surface area contributed by atoms with Gasteiger partial charge in [-0.3, -0.25) is 0 Å². The lowest BCUT2D eigenvalue weighted by molar-refractivity contribution is 0.624. The van der Waals surface area contributed by atoms with Crippen LogP contribution in [0.5, 0.6) is 0 Å². The van der Waals surface area contributed by atoms with Crippen LogP contribution in [0.25, 0.3) is 5.69 Å². The van der Waals surface area contributed by atoms with E-state index in [4.69, 9.17) is 0 Å². The van der Waals surface area contributed by atoms with E-state index in [2.05, 4.69) is 31.3 Å². The van der Waals surface area contributed by atoms with Gasteiger partial charge in [-0.1, -0.05) is 18.2 Å². The molecule has 0 aliphatic carbocycles. The molecular weight excluding hydrogens is 335 g/mol. The SMILES string of the molecule is Cc1cc(Br)c(F)c(Nc2ncn(-c3ccccc3)n2)c1. The van der Waals surface area contributed by atoms with Crippen LogP contribution in [0.4, 0.5) is 16.0 Å². The number of nitrogens with one attached hydrogen (secondary N) is 1. The van der Waals surface area contributed by atoms with Gasteiger partial charge in [-0.2, -0.15) is 4.98 Å². The van der Waals surface area contributed by atoms with Crippen LogP contribution in [0.15, 0.2) is 53.3 Å². The van der Waals surface area contributed by atoms with Gasteiger partial charge in [0, 0.05) is 0 Å². The van der Waals surface area contributed by atoms with E-state index >= 15 is 0 Å². The summed E-state index contributed by atoms with van der Waals surface area (Å²) in [5.41, 5.74) is 2.17. The minimum atomic E-state index is -0.364. The summed E-state index contributed by atoms with van der Waals surface area (Å²) >= 11 is 3.19. The summed E-state index contributed by atoms with van der Waals surface area (Å²) in [7, 11) is 0. The molecule has 3 rings (SSSR count). The first kappa shape index (κ1) is 13.8. The third kappa shape index (κ3) is 2.95. The molecule has 0 saturated heterocycles. The highest BCUT2D eigenvalue weighted by molar-refractivity contribution is 9.10. The third-order valence-corrected chi connectivity index (χ3v) is 3.51. The average Bonchev–Trinajstić information content (AvgIpc) is 2.94. The maximum atomic E-state index is 14.0. The highest BCUT2D eigenvalue weighted by Crippen LogP contribution is 2.26. The van der Waals surface area contributed by atoms with Gasteiger partial charge in [0.05, 0.1) is 15.8 Å². The quantitative estimate of drug-likeness (QED) is 0.771. The van der Waals surface area contributed by atoms with Crippen molar-refractivity contribution in [2.75, 3.05) is 5.32 Å². The van der Waals surface area contributed by atoms with Crippen LogP contribution >= 0.6 is 15.9 Å². The lowest BCUT2D eigenvalue weighted by Gasteiger charge is -2.06. The molecule has 0 aliphatic heterocycles. The van der Waals surface area contributed by atoms with E-state index in [1.54, 1.807) is 23.1 Å². The van der Waals surface area contributed by atoms with Crippen LogP contribution < -0.4 is 5.32 Å². The standard InChI is InChI=1S/C15H12BrFN4/c1-10-7-12(16)14(17)13(8-10)19-15-18-9-21(20-15)11-5-3-2-4-6-11/h2-9H,1H3,(H,19,20). The van der Waals surface area contributed by atoms with Gasteiger partial charge in [-0.15, -0.1) is 5.10 Å². The minimum absolute atomic E-state index is 0.340. The molecule has 0 fully saturated rings. The largest absolute Gasteiger partial charge is 0.320 e. The first-order valence-electron chi connectivity index (χ1n) is 6.33. The Balaban J connectivity index is 1.89. The van der Waals surface area contributed by atoms with E-state index < -0.39 is 0 Å². The number of rotatable bonds is 3. The second-order valence-electron chi connectivity index (χ2n) is 4.58.